The number of amides is 1. The van der Waals surface area contributed by atoms with Gasteiger partial charge in [-0.2, -0.15) is 0 Å². The van der Waals surface area contributed by atoms with Crippen LogP contribution in [0, 0.1) is 0 Å². The Hall–Kier alpha value is -1.58. The molecule has 0 aliphatic carbocycles. The first-order chi connectivity index (χ1) is 9.09. The number of aromatic nitrogens is 1. The van der Waals surface area contributed by atoms with E-state index in [-0.39, 0.29) is 6.61 Å². The molecule has 0 radical (unpaired) electrons. The third kappa shape index (κ3) is 3.25. The average molecular weight is 269 g/mol. The van der Waals surface area contributed by atoms with Gasteiger partial charge in [0.05, 0.1) is 6.61 Å². The number of hydrogen-bond acceptors (Lipinski definition) is 7. The Balaban J connectivity index is 1.87. The number of aliphatic hydroxyl groups excluding tert-OH is 3. The summed E-state index contributed by atoms with van der Waals surface area (Å²) in [6.45, 7) is -0.138. The zero-order valence-corrected chi connectivity index (χ0v) is 9.93. The first-order valence-corrected chi connectivity index (χ1v) is 5.71. The third-order valence-electron chi connectivity index (χ3n) is 2.77. The summed E-state index contributed by atoms with van der Waals surface area (Å²) in [5.41, 5.74) is 5.18. The van der Waals surface area contributed by atoms with Crippen molar-refractivity contribution in [1.82, 2.24) is 15.8 Å². The standard InChI is InChI=1S/C11H15N3O5/c15-7-5-19-11(9(17)8(7)16)14-13-10(18)6-1-3-12-4-2-6/h1-4,7-9,11,14-17H,5H2,(H,13,18)/t7-,8-,9-,11?/m0/s1. The van der Waals surface area contributed by atoms with Crippen LogP contribution in [0.25, 0.3) is 0 Å². The summed E-state index contributed by atoms with van der Waals surface area (Å²) in [5.74, 6) is -0.432. The van der Waals surface area contributed by atoms with Gasteiger partial charge in [-0.3, -0.25) is 15.2 Å². The minimum absolute atomic E-state index is 0.138. The lowest BCUT2D eigenvalue weighted by Crippen LogP contribution is -2.61. The van der Waals surface area contributed by atoms with Crippen LogP contribution >= 0.6 is 0 Å². The van der Waals surface area contributed by atoms with Crippen molar-refractivity contribution < 1.29 is 24.9 Å². The number of nitrogens with zero attached hydrogens (tertiary/aromatic N) is 1. The Morgan fingerprint density at radius 3 is 2.63 bits per heavy atom. The summed E-state index contributed by atoms with van der Waals surface area (Å²) in [5, 5.41) is 28.4. The van der Waals surface area contributed by atoms with E-state index in [1.807, 2.05) is 0 Å². The molecule has 1 saturated heterocycles. The molecule has 2 rings (SSSR count). The molecule has 0 aromatic carbocycles. The van der Waals surface area contributed by atoms with Crippen LogP contribution < -0.4 is 10.9 Å². The maximum atomic E-state index is 11.7. The van der Waals surface area contributed by atoms with Crippen LogP contribution in [0.15, 0.2) is 24.5 Å². The number of rotatable bonds is 3. The van der Waals surface area contributed by atoms with Crippen LogP contribution in [0.2, 0.25) is 0 Å². The fraction of sp³-hybridized carbons (Fsp3) is 0.455. The highest BCUT2D eigenvalue weighted by molar-refractivity contribution is 5.93. The zero-order chi connectivity index (χ0) is 13.8. The van der Waals surface area contributed by atoms with E-state index in [9.17, 15) is 20.1 Å². The van der Waals surface area contributed by atoms with Gasteiger partial charge in [0, 0.05) is 18.0 Å². The lowest BCUT2D eigenvalue weighted by molar-refractivity contribution is -0.197. The van der Waals surface area contributed by atoms with Crippen LogP contribution in [0.3, 0.4) is 0 Å². The molecule has 19 heavy (non-hydrogen) atoms. The molecule has 1 aliphatic rings. The molecule has 1 fully saturated rings. The van der Waals surface area contributed by atoms with Crippen LogP contribution in [-0.4, -0.2) is 57.4 Å². The Kier molecular flexibility index (Phi) is 4.40. The highest BCUT2D eigenvalue weighted by Crippen LogP contribution is 2.13. The Morgan fingerprint density at radius 1 is 1.26 bits per heavy atom. The molecule has 0 spiro atoms. The van der Waals surface area contributed by atoms with Crippen molar-refractivity contribution in [3.8, 4) is 0 Å². The summed E-state index contributed by atoms with van der Waals surface area (Å²) in [4.78, 5) is 15.5. The molecule has 1 aromatic rings. The molecule has 1 amide bonds. The monoisotopic (exact) mass is 269 g/mol. The van der Waals surface area contributed by atoms with Crippen LogP contribution in [0.5, 0.6) is 0 Å². The number of hydrazine groups is 1. The van der Waals surface area contributed by atoms with Crippen molar-refractivity contribution in [1.29, 1.82) is 0 Å². The maximum Gasteiger partial charge on any atom is 0.265 e. The topological polar surface area (TPSA) is 124 Å². The van der Waals surface area contributed by atoms with Crippen LogP contribution in [0.4, 0.5) is 0 Å². The van der Waals surface area contributed by atoms with E-state index < -0.39 is 30.4 Å². The predicted molar refractivity (Wildman–Crippen MR) is 62.6 cm³/mol. The molecule has 0 saturated carbocycles. The molecular weight excluding hydrogens is 254 g/mol. The smallest absolute Gasteiger partial charge is 0.265 e. The van der Waals surface area contributed by atoms with E-state index in [2.05, 4.69) is 15.8 Å². The van der Waals surface area contributed by atoms with Gasteiger partial charge >= 0.3 is 0 Å². The van der Waals surface area contributed by atoms with Gasteiger partial charge in [-0.15, -0.1) is 0 Å². The molecule has 2 heterocycles. The Labute approximate surface area is 109 Å². The molecule has 8 heteroatoms. The number of nitrogens with one attached hydrogen (secondary N) is 2. The molecule has 1 unspecified atom stereocenters. The zero-order valence-electron chi connectivity index (χ0n) is 9.93. The van der Waals surface area contributed by atoms with E-state index >= 15 is 0 Å². The van der Waals surface area contributed by atoms with Gasteiger partial charge in [0.2, 0.25) is 0 Å². The van der Waals surface area contributed by atoms with Gasteiger partial charge in [0.15, 0.2) is 6.23 Å². The number of ether oxygens (including phenoxy) is 1. The minimum atomic E-state index is -1.35. The second kappa shape index (κ2) is 6.04. The van der Waals surface area contributed by atoms with Gasteiger partial charge in [-0.25, -0.2) is 5.43 Å². The van der Waals surface area contributed by atoms with Crippen molar-refractivity contribution >= 4 is 5.91 Å². The highest BCUT2D eigenvalue weighted by atomic mass is 16.5. The number of carbonyl (C=O) groups is 1. The summed E-state index contributed by atoms with van der Waals surface area (Å²) in [6.07, 6.45) is -1.87. The third-order valence-corrected chi connectivity index (χ3v) is 2.77. The maximum absolute atomic E-state index is 11.7. The largest absolute Gasteiger partial charge is 0.388 e. The molecule has 104 valence electrons. The summed E-state index contributed by atoms with van der Waals surface area (Å²) < 4.78 is 5.06. The van der Waals surface area contributed by atoms with Crippen molar-refractivity contribution in [2.24, 2.45) is 0 Å². The average Bonchev–Trinajstić information content (AvgIpc) is 2.45. The van der Waals surface area contributed by atoms with Gasteiger partial charge in [0.1, 0.15) is 18.3 Å². The lowest BCUT2D eigenvalue weighted by atomic mass is 10.1. The predicted octanol–water partition coefficient (Wildman–Crippen LogP) is -2.24. The number of aliphatic hydroxyl groups is 3. The van der Waals surface area contributed by atoms with Gasteiger partial charge in [-0.05, 0) is 12.1 Å². The lowest BCUT2D eigenvalue weighted by Gasteiger charge is -2.35. The second-order valence-electron chi connectivity index (χ2n) is 4.14. The molecule has 4 atom stereocenters. The van der Waals surface area contributed by atoms with E-state index in [4.69, 9.17) is 4.74 Å². The quantitative estimate of drug-likeness (QED) is 0.393. The molecule has 1 aliphatic heterocycles. The number of carbonyl (C=O) groups excluding carboxylic acids is 1. The SMILES string of the molecule is O=C(NNC1OC[C@H](O)[C@H](O)[C@@H]1O)c1ccncc1. The van der Waals surface area contributed by atoms with Gasteiger partial charge in [0.25, 0.3) is 5.91 Å². The van der Waals surface area contributed by atoms with Crippen LogP contribution in [0.1, 0.15) is 10.4 Å². The van der Waals surface area contributed by atoms with Crippen molar-refractivity contribution in [2.45, 2.75) is 24.5 Å². The first kappa shape index (κ1) is 13.8. The van der Waals surface area contributed by atoms with Crippen molar-refractivity contribution in [3.05, 3.63) is 30.1 Å². The van der Waals surface area contributed by atoms with Crippen molar-refractivity contribution in [2.75, 3.05) is 6.61 Å². The van der Waals surface area contributed by atoms with E-state index in [1.165, 1.54) is 24.5 Å². The van der Waals surface area contributed by atoms with Crippen LogP contribution in [-0.2, 0) is 4.74 Å². The van der Waals surface area contributed by atoms with E-state index in [0.717, 1.165) is 0 Å². The summed E-state index contributed by atoms with van der Waals surface area (Å²) in [6, 6.07) is 3.04. The number of hydrogen-bond donors (Lipinski definition) is 5. The molecule has 5 N–H and O–H groups in total. The molecule has 0 bridgehead atoms. The summed E-state index contributed by atoms with van der Waals surface area (Å²) >= 11 is 0. The van der Waals surface area contributed by atoms with E-state index in [0.29, 0.717) is 5.56 Å². The Bertz CT molecular complexity index is 430. The molecule has 8 nitrogen and oxygen atoms in total. The Morgan fingerprint density at radius 2 is 1.95 bits per heavy atom. The number of pyridine rings is 1. The van der Waals surface area contributed by atoms with E-state index in [1.54, 1.807) is 0 Å². The molecule has 1 aromatic heterocycles. The van der Waals surface area contributed by atoms with Gasteiger partial charge < -0.3 is 20.1 Å². The highest BCUT2D eigenvalue weighted by Gasteiger charge is 2.37. The fourth-order valence-corrected chi connectivity index (χ4v) is 1.65. The van der Waals surface area contributed by atoms with Gasteiger partial charge in [-0.1, -0.05) is 0 Å². The fourth-order valence-electron chi connectivity index (χ4n) is 1.65. The second-order valence-corrected chi connectivity index (χ2v) is 4.14. The molecular formula is C11H15N3O5. The normalized spacial score (nSPS) is 30.9. The first-order valence-electron chi connectivity index (χ1n) is 5.71. The minimum Gasteiger partial charge on any atom is -0.388 e. The summed E-state index contributed by atoms with van der Waals surface area (Å²) in [7, 11) is 0. The van der Waals surface area contributed by atoms with Crippen molar-refractivity contribution in [3.63, 3.8) is 0 Å².